The van der Waals surface area contributed by atoms with Crippen LogP contribution in [0.2, 0.25) is 0 Å². The number of hydrogen-bond acceptors (Lipinski definition) is 1. The molecule has 1 fully saturated rings. The summed E-state index contributed by atoms with van der Waals surface area (Å²) in [5.41, 5.74) is 0. The Balaban J connectivity index is 0.000000151. The Bertz CT molecular complexity index is 327. The average Bonchev–Trinajstić information content (AvgIpc) is 2.88. The summed E-state index contributed by atoms with van der Waals surface area (Å²) in [6.45, 7) is 8.27. The molecular formula is C12H16N2S. The SMILES string of the molecule is C=CN1CCCC1=S.C=Cn1cccc1. The molecule has 2 heterocycles. The molecule has 1 aliphatic heterocycles. The van der Waals surface area contributed by atoms with Gasteiger partial charge in [0, 0.05) is 25.1 Å². The molecule has 0 bridgehead atoms. The first-order valence-corrected chi connectivity index (χ1v) is 5.36. The van der Waals surface area contributed by atoms with Crippen molar-refractivity contribution in [1.82, 2.24) is 9.47 Å². The van der Waals surface area contributed by atoms with E-state index in [4.69, 9.17) is 12.2 Å². The third-order valence-corrected chi connectivity index (χ3v) is 2.61. The van der Waals surface area contributed by atoms with E-state index in [-0.39, 0.29) is 0 Å². The number of hydrogen-bond donors (Lipinski definition) is 0. The van der Waals surface area contributed by atoms with Gasteiger partial charge in [-0.05, 0) is 31.2 Å². The van der Waals surface area contributed by atoms with Crippen molar-refractivity contribution in [2.24, 2.45) is 0 Å². The fourth-order valence-electron chi connectivity index (χ4n) is 1.33. The quantitative estimate of drug-likeness (QED) is 0.707. The van der Waals surface area contributed by atoms with Crippen LogP contribution >= 0.6 is 12.2 Å². The molecule has 0 saturated carbocycles. The van der Waals surface area contributed by atoms with Crippen molar-refractivity contribution in [3.05, 3.63) is 43.9 Å². The molecule has 2 rings (SSSR count). The second-order valence-electron chi connectivity index (χ2n) is 3.19. The van der Waals surface area contributed by atoms with Gasteiger partial charge in [0.1, 0.15) is 0 Å². The lowest BCUT2D eigenvalue weighted by Gasteiger charge is -2.08. The van der Waals surface area contributed by atoms with Crippen LogP contribution in [0.3, 0.4) is 0 Å². The molecule has 80 valence electrons. The van der Waals surface area contributed by atoms with Crippen LogP contribution in [0.5, 0.6) is 0 Å². The number of aromatic nitrogens is 1. The summed E-state index contributed by atoms with van der Waals surface area (Å²) < 4.78 is 1.89. The average molecular weight is 220 g/mol. The Morgan fingerprint density at radius 1 is 1.20 bits per heavy atom. The first-order valence-electron chi connectivity index (χ1n) is 4.95. The topological polar surface area (TPSA) is 8.17 Å². The highest BCUT2D eigenvalue weighted by atomic mass is 32.1. The summed E-state index contributed by atoms with van der Waals surface area (Å²) in [5.74, 6) is 0. The zero-order valence-corrected chi connectivity index (χ0v) is 9.62. The van der Waals surface area contributed by atoms with Gasteiger partial charge in [-0.2, -0.15) is 0 Å². The van der Waals surface area contributed by atoms with Gasteiger partial charge in [0.05, 0.1) is 4.99 Å². The van der Waals surface area contributed by atoms with Crippen LogP contribution in [0.15, 0.2) is 43.9 Å². The van der Waals surface area contributed by atoms with E-state index in [1.807, 2.05) is 34.0 Å². The van der Waals surface area contributed by atoms with Gasteiger partial charge >= 0.3 is 0 Å². The molecule has 1 saturated heterocycles. The number of nitrogens with zero attached hydrogens (tertiary/aromatic N) is 2. The van der Waals surface area contributed by atoms with Crippen molar-refractivity contribution in [2.45, 2.75) is 12.8 Å². The van der Waals surface area contributed by atoms with Crippen LogP contribution in [-0.4, -0.2) is 21.0 Å². The van der Waals surface area contributed by atoms with E-state index in [0.717, 1.165) is 18.0 Å². The number of thiocarbonyl (C=S) groups is 1. The van der Waals surface area contributed by atoms with Crippen LogP contribution in [0.25, 0.3) is 6.20 Å². The highest BCUT2D eigenvalue weighted by Gasteiger charge is 2.11. The fourth-order valence-corrected chi connectivity index (χ4v) is 1.64. The minimum atomic E-state index is 1.04. The Hall–Kier alpha value is -1.35. The molecule has 0 N–H and O–H groups in total. The molecular weight excluding hydrogens is 204 g/mol. The molecule has 1 aliphatic rings. The van der Waals surface area contributed by atoms with E-state index in [1.165, 1.54) is 6.42 Å². The minimum Gasteiger partial charge on any atom is -0.343 e. The third kappa shape index (κ3) is 3.72. The Kier molecular flexibility index (Phi) is 4.84. The zero-order chi connectivity index (χ0) is 11.1. The van der Waals surface area contributed by atoms with Gasteiger partial charge < -0.3 is 9.47 Å². The van der Waals surface area contributed by atoms with E-state index >= 15 is 0 Å². The van der Waals surface area contributed by atoms with Crippen LogP contribution in [-0.2, 0) is 0 Å². The first-order chi connectivity index (χ1) is 7.27. The Morgan fingerprint density at radius 3 is 2.13 bits per heavy atom. The number of likely N-dealkylation sites (tertiary alicyclic amines) is 1. The molecule has 15 heavy (non-hydrogen) atoms. The van der Waals surface area contributed by atoms with Gasteiger partial charge in [0.2, 0.25) is 0 Å². The van der Waals surface area contributed by atoms with Crippen molar-refractivity contribution in [1.29, 1.82) is 0 Å². The van der Waals surface area contributed by atoms with Crippen molar-refractivity contribution >= 4 is 23.4 Å². The van der Waals surface area contributed by atoms with Crippen molar-refractivity contribution in [2.75, 3.05) is 6.54 Å². The van der Waals surface area contributed by atoms with E-state index in [0.29, 0.717) is 0 Å². The highest BCUT2D eigenvalue weighted by Crippen LogP contribution is 2.10. The molecule has 0 atom stereocenters. The standard InChI is InChI=1S/C6H9NS.C6H7N/c1-2-7-5-3-4-6(7)8;1-2-7-5-3-4-6-7/h2H,1,3-5H2;2-6H,1H2. The molecule has 1 aromatic heterocycles. The van der Waals surface area contributed by atoms with Crippen molar-refractivity contribution < 1.29 is 0 Å². The minimum absolute atomic E-state index is 1.04. The highest BCUT2D eigenvalue weighted by molar-refractivity contribution is 7.80. The van der Waals surface area contributed by atoms with Gasteiger partial charge in [0.15, 0.2) is 0 Å². The largest absolute Gasteiger partial charge is 0.343 e. The van der Waals surface area contributed by atoms with Crippen molar-refractivity contribution in [3.8, 4) is 0 Å². The van der Waals surface area contributed by atoms with E-state index in [1.54, 1.807) is 12.4 Å². The summed E-state index contributed by atoms with van der Waals surface area (Å²) in [4.78, 5) is 3.06. The third-order valence-electron chi connectivity index (χ3n) is 2.17. The molecule has 0 unspecified atom stereocenters. The molecule has 0 spiro atoms. The summed E-state index contributed by atoms with van der Waals surface area (Å²) in [6, 6.07) is 3.92. The summed E-state index contributed by atoms with van der Waals surface area (Å²) in [7, 11) is 0. The number of rotatable bonds is 2. The first kappa shape index (κ1) is 11.7. The molecule has 0 radical (unpaired) electrons. The zero-order valence-electron chi connectivity index (χ0n) is 8.80. The maximum absolute atomic E-state index is 4.99. The molecule has 0 amide bonds. The smallest absolute Gasteiger partial charge is 0.0819 e. The van der Waals surface area contributed by atoms with Gasteiger partial charge in [-0.3, -0.25) is 0 Å². The fraction of sp³-hybridized carbons (Fsp3) is 0.250. The van der Waals surface area contributed by atoms with Crippen LogP contribution in [0, 0.1) is 0 Å². The molecule has 0 aromatic carbocycles. The normalized spacial score (nSPS) is 14.4. The van der Waals surface area contributed by atoms with E-state index in [9.17, 15) is 0 Å². The Labute approximate surface area is 96.5 Å². The van der Waals surface area contributed by atoms with Crippen LogP contribution < -0.4 is 0 Å². The predicted octanol–water partition coefficient (Wildman–Crippen LogP) is 3.14. The molecule has 2 nitrogen and oxygen atoms in total. The second kappa shape index (κ2) is 6.19. The van der Waals surface area contributed by atoms with Crippen LogP contribution in [0.4, 0.5) is 0 Å². The summed E-state index contributed by atoms with van der Waals surface area (Å²) >= 11 is 4.99. The Morgan fingerprint density at radius 2 is 1.87 bits per heavy atom. The lowest BCUT2D eigenvalue weighted by molar-refractivity contribution is 0.612. The summed E-state index contributed by atoms with van der Waals surface area (Å²) in [6.07, 6.45) is 9.70. The van der Waals surface area contributed by atoms with Crippen molar-refractivity contribution in [3.63, 3.8) is 0 Å². The van der Waals surface area contributed by atoms with E-state index < -0.39 is 0 Å². The predicted molar refractivity (Wildman–Crippen MR) is 69.6 cm³/mol. The molecule has 1 aromatic rings. The lowest BCUT2D eigenvalue weighted by atomic mass is 10.4. The molecule has 0 aliphatic carbocycles. The molecule has 3 heteroatoms. The van der Waals surface area contributed by atoms with Gasteiger partial charge in [-0.1, -0.05) is 25.4 Å². The maximum Gasteiger partial charge on any atom is 0.0819 e. The maximum atomic E-state index is 4.99. The monoisotopic (exact) mass is 220 g/mol. The lowest BCUT2D eigenvalue weighted by Crippen LogP contribution is -2.14. The van der Waals surface area contributed by atoms with Gasteiger partial charge in [-0.25, -0.2) is 0 Å². The summed E-state index contributed by atoms with van der Waals surface area (Å²) in [5, 5.41) is 0. The van der Waals surface area contributed by atoms with Gasteiger partial charge in [-0.15, -0.1) is 0 Å². The second-order valence-corrected chi connectivity index (χ2v) is 3.66. The van der Waals surface area contributed by atoms with E-state index in [2.05, 4.69) is 13.2 Å². The van der Waals surface area contributed by atoms with Crippen LogP contribution in [0.1, 0.15) is 12.8 Å². The van der Waals surface area contributed by atoms with Gasteiger partial charge in [0.25, 0.3) is 0 Å².